The molecule has 0 spiro atoms. The number of thiophene rings is 1. The predicted octanol–water partition coefficient (Wildman–Crippen LogP) is 3.08. The highest BCUT2D eigenvalue weighted by molar-refractivity contribution is 7.09. The quantitative estimate of drug-likeness (QED) is 0.769. The average Bonchev–Trinajstić information content (AvgIpc) is 2.98. The third-order valence-corrected chi connectivity index (χ3v) is 4.13. The summed E-state index contributed by atoms with van der Waals surface area (Å²) in [6, 6.07) is 5.06. The average molecular weight is 253 g/mol. The Balaban J connectivity index is 1.65. The predicted molar refractivity (Wildman–Crippen MR) is 73.6 cm³/mol. The van der Waals surface area contributed by atoms with Crippen molar-refractivity contribution in [1.82, 2.24) is 5.32 Å². The Morgan fingerprint density at radius 3 is 2.88 bits per heavy atom. The molecule has 3 heteroatoms. The normalized spacial score (nSPS) is 17.6. The summed E-state index contributed by atoms with van der Waals surface area (Å²) in [5.41, 5.74) is 0. The van der Waals surface area contributed by atoms with Crippen LogP contribution >= 0.6 is 11.3 Å². The molecule has 1 aliphatic carbocycles. The van der Waals surface area contributed by atoms with Gasteiger partial charge in [0.25, 0.3) is 0 Å². The molecule has 1 N–H and O–H groups in total. The molecule has 0 aromatic carbocycles. The van der Waals surface area contributed by atoms with E-state index in [1.165, 1.54) is 17.7 Å². The largest absolute Gasteiger partial charge is 0.376 e. The third-order valence-electron chi connectivity index (χ3n) is 3.19. The molecule has 1 heterocycles. The highest BCUT2D eigenvalue weighted by Gasteiger charge is 2.23. The van der Waals surface area contributed by atoms with Gasteiger partial charge in [0.2, 0.25) is 0 Å². The minimum atomic E-state index is 0.357. The SMILES string of the molecule is CC(C)C(CNC1CC1)OCCc1cccs1. The van der Waals surface area contributed by atoms with E-state index in [0.717, 1.165) is 25.6 Å². The molecule has 0 aliphatic heterocycles. The van der Waals surface area contributed by atoms with E-state index in [4.69, 9.17) is 4.74 Å². The van der Waals surface area contributed by atoms with Gasteiger partial charge < -0.3 is 10.1 Å². The van der Waals surface area contributed by atoms with E-state index >= 15 is 0 Å². The summed E-state index contributed by atoms with van der Waals surface area (Å²) in [5, 5.41) is 5.69. The van der Waals surface area contributed by atoms with Crippen molar-refractivity contribution in [3.05, 3.63) is 22.4 Å². The summed E-state index contributed by atoms with van der Waals surface area (Å²) in [7, 11) is 0. The molecule has 1 saturated carbocycles. The van der Waals surface area contributed by atoms with Crippen LogP contribution in [0.15, 0.2) is 17.5 Å². The highest BCUT2D eigenvalue weighted by atomic mass is 32.1. The van der Waals surface area contributed by atoms with Gasteiger partial charge in [0.1, 0.15) is 0 Å². The maximum Gasteiger partial charge on any atom is 0.0722 e. The molecule has 0 radical (unpaired) electrons. The van der Waals surface area contributed by atoms with Crippen molar-refractivity contribution in [3.8, 4) is 0 Å². The lowest BCUT2D eigenvalue weighted by molar-refractivity contribution is 0.0247. The monoisotopic (exact) mass is 253 g/mol. The zero-order valence-electron chi connectivity index (χ0n) is 10.8. The first-order chi connectivity index (χ1) is 8.25. The van der Waals surface area contributed by atoms with Gasteiger partial charge in [0.15, 0.2) is 0 Å². The first-order valence-corrected chi connectivity index (χ1v) is 7.51. The number of hydrogen-bond donors (Lipinski definition) is 1. The lowest BCUT2D eigenvalue weighted by Gasteiger charge is -2.22. The minimum Gasteiger partial charge on any atom is -0.376 e. The van der Waals surface area contributed by atoms with Crippen LogP contribution in [0.4, 0.5) is 0 Å². The molecule has 2 rings (SSSR count). The van der Waals surface area contributed by atoms with Crippen LogP contribution in [0.5, 0.6) is 0 Å². The fourth-order valence-electron chi connectivity index (χ4n) is 1.82. The Morgan fingerprint density at radius 1 is 1.47 bits per heavy atom. The maximum absolute atomic E-state index is 6.00. The molecule has 2 nitrogen and oxygen atoms in total. The van der Waals surface area contributed by atoms with Crippen LogP contribution in [0.25, 0.3) is 0 Å². The summed E-state index contributed by atoms with van der Waals surface area (Å²) in [6.45, 7) is 6.33. The van der Waals surface area contributed by atoms with E-state index in [2.05, 4.69) is 36.7 Å². The lowest BCUT2D eigenvalue weighted by atomic mass is 10.1. The molecular weight excluding hydrogens is 230 g/mol. The zero-order chi connectivity index (χ0) is 12.1. The van der Waals surface area contributed by atoms with Gasteiger partial charge in [0, 0.05) is 23.9 Å². The van der Waals surface area contributed by atoms with Gasteiger partial charge in [-0.15, -0.1) is 11.3 Å². The van der Waals surface area contributed by atoms with Crippen molar-refractivity contribution in [1.29, 1.82) is 0 Å². The summed E-state index contributed by atoms with van der Waals surface area (Å²) < 4.78 is 6.00. The van der Waals surface area contributed by atoms with Gasteiger partial charge in [-0.1, -0.05) is 19.9 Å². The third kappa shape index (κ3) is 4.78. The van der Waals surface area contributed by atoms with Crippen molar-refractivity contribution in [2.75, 3.05) is 13.2 Å². The number of hydrogen-bond acceptors (Lipinski definition) is 3. The lowest BCUT2D eigenvalue weighted by Crippen LogP contribution is -2.34. The van der Waals surface area contributed by atoms with E-state index in [1.807, 2.05) is 11.3 Å². The molecule has 0 bridgehead atoms. The Hall–Kier alpha value is -0.380. The van der Waals surface area contributed by atoms with E-state index < -0.39 is 0 Å². The summed E-state index contributed by atoms with van der Waals surface area (Å²) in [4.78, 5) is 1.42. The Morgan fingerprint density at radius 2 is 2.29 bits per heavy atom. The smallest absolute Gasteiger partial charge is 0.0722 e. The van der Waals surface area contributed by atoms with Crippen LogP contribution in [-0.2, 0) is 11.2 Å². The second-order valence-electron chi connectivity index (χ2n) is 5.17. The fraction of sp³-hybridized carbons (Fsp3) is 0.714. The molecule has 0 saturated heterocycles. The van der Waals surface area contributed by atoms with Crippen molar-refractivity contribution in [3.63, 3.8) is 0 Å². The molecule has 96 valence electrons. The summed E-state index contributed by atoms with van der Waals surface area (Å²) in [6.07, 6.45) is 4.10. The molecule has 1 unspecified atom stereocenters. The van der Waals surface area contributed by atoms with E-state index in [9.17, 15) is 0 Å². The second kappa shape index (κ2) is 6.53. The molecule has 1 aliphatic rings. The molecule has 0 amide bonds. The van der Waals surface area contributed by atoms with Gasteiger partial charge in [-0.3, -0.25) is 0 Å². The minimum absolute atomic E-state index is 0.357. The van der Waals surface area contributed by atoms with Crippen LogP contribution in [0.2, 0.25) is 0 Å². The van der Waals surface area contributed by atoms with Crippen LogP contribution in [-0.4, -0.2) is 25.3 Å². The number of ether oxygens (including phenoxy) is 1. The second-order valence-corrected chi connectivity index (χ2v) is 6.20. The van der Waals surface area contributed by atoms with Crippen molar-refractivity contribution >= 4 is 11.3 Å². The van der Waals surface area contributed by atoms with Gasteiger partial charge >= 0.3 is 0 Å². The maximum atomic E-state index is 6.00. The van der Waals surface area contributed by atoms with Crippen LogP contribution < -0.4 is 5.32 Å². The Kier molecular flexibility index (Phi) is 5.01. The Labute approximate surface area is 108 Å². The topological polar surface area (TPSA) is 21.3 Å². The number of nitrogens with one attached hydrogen (secondary N) is 1. The Bertz CT molecular complexity index is 306. The van der Waals surface area contributed by atoms with E-state index in [1.54, 1.807) is 0 Å². The van der Waals surface area contributed by atoms with Gasteiger partial charge in [0.05, 0.1) is 12.7 Å². The van der Waals surface area contributed by atoms with E-state index in [0.29, 0.717) is 12.0 Å². The molecular formula is C14H23NOS. The number of rotatable bonds is 8. The fourth-order valence-corrected chi connectivity index (χ4v) is 2.51. The molecule has 1 aromatic rings. The standard InChI is InChI=1S/C14H23NOS/c1-11(2)14(10-15-12-5-6-12)16-8-7-13-4-3-9-17-13/h3-4,9,11-12,14-15H,5-8,10H2,1-2H3. The van der Waals surface area contributed by atoms with Crippen molar-refractivity contribution in [2.24, 2.45) is 5.92 Å². The van der Waals surface area contributed by atoms with Crippen LogP contribution in [0.3, 0.4) is 0 Å². The highest BCUT2D eigenvalue weighted by Crippen LogP contribution is 2.19. The van der Waals surface area contributed by atoms with Crippen LogP contribution in [0, 0.1) is 5.92 Å². The molecule has 1 atom stereocenters. The molecule has 1 fully saturated rings. The van der Waals surface area contributed by atoms with Gasteiger partial charge in [-0.05, 0) is 30.2 Å². The summed E-state index contributed by atoms with van der Waals surface area (Å²) in [5.74, 6) is 0.588. The van der Waals surface area contributed by atoms with Crippen molar-refractivity contribution in [2.45, 2.75) is 45.3 Å². The van der Waals surface area contributed by atoms with Crippen LogP contribution in [0.1, 0.15) is 31.6 Å². The summed E-state index contributed by atoms with van der Waals surface area (Å²) >= 11 is 1.82. The van der Waals surface area contributed by atoms with Gasteiger partial charge in [-0.25, -0.2) is 0 Å². The first-order valence-electron chi connectivity index (χ1n) is 6.63. The van der Waals surface area contributed by atoms with Crippen molar-refractivity contribution < 1.29 is 4.74 Å². The van der Waals surface area contributed by atoms with Gasteiger partial charge in [-0.2, -0.15) is 0 Å². The van der Waals surface area contributed by atoms with E-state index in [-0.39, 0.29) is 0 Å². The first kappa shape index (κ1) is 13.1. The molecule has 17 heavy (non-hydrogen) atoms. The molecule has 1 aromatic heterocycles. The zero-order valence-corrected chi connectivity index (χ0v) is 11.6.